The fraction of sp³-hybridized carbons (Fsp3) is 0.778. The standard InChI is InChI=1S/C9H14N2O2/c1-3-9(2,7-10)11-5-4-6-13-8(11)12/h3-6H2,1-2H3. The first-order valence-electron chi connectivity index (χ1n) is 4.49. The Labute approximate surface area is 78.1 Å². The maximum atomic E-state index is 11.3. The fourth-order valence-corrected chi connectivity index (χ4v) is 1.33. The van der Waals surface area contributed by atoms with E-state index in [4.69, 9.17) is 10.00 Å². The van der Waals surface area contributed by atoms with Crippen molar-refractivity contribution >= 4 is 6.09 Å². The van der Waals surface area contributed by atoms with E-state index in [2.05, 4.69) is 6.07 Å². The molecule has 13 heavy (non-hydrogen) atoms. The number of hydrogen-bond donors (Lipinski definition) is 0. The molecule has 0 aliphatic carbocycles. The van der Waals surface area contributed by atoms with Gasteiger partial charge < -0.3 is 4.74 Å². The monoisotopic (exact) mass is 182 g/mol. The lowest BCUT2D eigenvalue weighted by atomic mass is 9.98. The van der Waals surface area contributed by atoms with Gasteiger partial charge in [-0.2, -0.15) is 5.26 Å². The van der Waals surface area contributed by atoms with Gasteiger partial charge in [0.05, 0.1) is 12.7 Å². The quantitative estimate of drug-likeness (QED) is 0.650. The summed E-state index contributed by atoms with van der Waals surface area (Å²) in [5, 5.41) is 8.96. The first kappa shape index (κ1) is 9.85. The van der Waals surface area contributed by atoms with Crippen molar-refractivity contribution in [3.05, 3.63) is 0 Å². The summed E-state index contributed by atoms with van der Waals surface area (Å²) in [6.07, 6.45) is 1.07. The molecule has 0 spiro atoms. The van der Waals surface area contributed by atoms with Gasteiger partial charge in [-0.25, -0.2) is 4.79 Å². The number of rotatable bonds is 2. The third kappa shape index (κ3) is 1.74. The molecule has 0 aromatic rings. The van der Waals surface area contributed by atoms with Crippen molar-refractivity contribution in [1.82, 2.24) is 4.90 Å². The number of ether oxygens (including phenoxy) is 1. The number of amides is 1. The molecule has 1 fully saturated rings. The maximum Gasteiger partial charge on any atom is 0.411 e. The molecule has 0 N–H and O–H groups in total. The lowest BCUT2D eigenvalue weighted by Crippen LogP contribution is -2.51. The van der Waals surface area contributed by atoms with E-state index in [0.717, 1.165) is 6.42 Å². The van der Waals surface area contributed by atoms with Gasteiger partial charge in [0.2, 0.25) is 0 Å². The number of carbonyl (C=O) groups is 1. The molecule has 1 rings (SSSR count). The van der Waals surface area contributed by atoms with E-state index in [1.54, 1.807) is 6.92 Å². The molecule has 1 aliphatic rings. The van der Waals surface area contributed by atoms with Gasteiger partial charge in [-0.15, -0.1) is 0 Å². The molecular weight excluding hydrogens is 168 g/mol. The van der Waals surface area contributed by atoms with Crippen LogP contribution in [0.25, 0.3) is 0 Å². The number of nitriles is 1. The predicted molar refractivity (Wildman–Crippen MR) is 47.0 cm³/mol. The van der Waals surface area contributed by atoms with Crippen LogP contribution in [0.4, 0.5) is 4.79 Å². The number of carbonyl (C=O) groups excluding carboxylic acids is 1. The molecule has 1 heterocycles. The second-order valence-corrected chi connectivity index (χ2v) is 3.36. The molecule has 0 bridgehead atoms. The minimum absolute atomic E-state index is 0.364. The van der Waals surface area contributed by atoms with Crippen LogP contribution in [0.2, 0.25) is 0 Å². The van der Waals surface area contributed by atoms with E-state index in [1.807, 2.05) is 6.92 Å². The van der Waals surface area contributed by atoms with Crippen molar-refractivity contribution in [2.24, 2.45) is 0 Å². The highest BCUT2D eigenvalue weighted by Crippen LogP contribution is 2.21. The van der Waals surface area contributed by atoms with Crippen molar-refractivity contribution in [3.8, 4) is 6.07 Å². The predicted octanol–water partition coefficient (Wildman–Crippen LogP) is 1.52. The summed E-state index contributed by atoms with van der Waals surface area (Å²) < 4.78 is 4.88. The van der Waals surface area contributed by atoms with Gasteiger partial charge >= 0.3 is 6.09 Å². The van der Waals surface area contributed by atoms with E-state index >= 15 is 0 Å². The Morgan fingerprint density at radius 1 is 1.77 bits per heavy atom. The second kappa shape index (κ2) is 3.65. The maximum absolute atomic E-state index is 11.3. The van der Waals surface area contributed by atoms with E-state index < -0.39 is 5.54 Å². The number of nitrogens with zero attached hydrogens (tertiary/aromatic N) is 2. The second-order valence-electron chi connectivity index (χ2n) is 3.36. The van der Waals surface area contributed by atoms with Gasteiger partial charge in [-0.05, 0) is 19.8 Å². The van der Waals surface area contributed by atoms with Gasteiger partial charge in [0.1, 0.15) is 5.54 Å². The summed E-state index contributed by atoms with van der Waals surface area (Å²) in [4.78, 5) is 12.8. The third-order valence-electron chi connectivity index (χ3n) is 2.50. The van der Waals surface area contributed by atoms with E-state index in [-0.39, 0.29) is 6.09 Å². The summed E-state index contributed by atoms with van der Waals surface area (Å²) in [7, 11) is 0. The number of cyclic esters (lactones) is 1. The minimum Gasteiger partial charge on any atom is -0.449 e. The highest BCUT2D eigenvalue weighted by Gasteiger charge is 2.36. The zero-order chi connectivity index (χ0) is 9.90. The molecule has 1 atom stereocenters. The summed E-state index contributed by atoms with van der Waals surface area (Å²) in [5.41, 5.74) is -0.711. The first-order chi connectivity index (χ1) is 6.14. The lowest BCUT2D eigenvalue weighted by Gasteiger charge is -2.36. The zero-order valence-corrected chi connectivity index (χ0v) is 8.04. The summed E-state index contributed by atoms with van der Waals surface area (Å²) in [6.45, 7) is 4.75. The molecule has 4 nitrogen and oxygen atoms in total. The Morgan fingerprint density at radius 3 is 2.92 bits per heavy atom. The summed E-state index contributed by atoms with van der Waals surface area (Å²) in [5.74, 6) is 0. The molecule has 1 amide bonds. The average Bonchev–Trinajstić information content (AvgIpc) is 2.17. The van der Waals surface area contributed by atoms with Crippen molar-refractivity contribution in [2.45, 2.75) is 32.2 Å². The van der Waals surface area contributed by atoms with Crippen LogP contribution < -0.4 is 0 Å². The highest BCUT2D eigenvalue weighted by molar-refractivity contribution is 5.70. The molecule has 4 heteroatoms. The molecule has 0 aromatic carbocycles. The van der Waals surface area contributed by atoms with Crippen LogP contribution in [-0.2, 0) is 4.74 Å². The minimum atomic E-state index is -0.711. The molecular formula is C9H14N2O2. The largest absolute Gasteiger partial charge is 0.449 e. The zero-order valence-electron chi connectivity index (χ0n) is 8.04. The van der Waals surface area contributed by atoms with Crippen molar-refractivity contribution in [1.29, 1.82) is 5.26 Å². The molecule has 1 unspecified atom stereocenters. The summed E-state index contributed by atoms with van der Waals surface area (Å²) >= 11 is 0. The van der Waals surface area contributed by atoms with Gasteiger partial charge in [0.25, 0.3) is 0 Å². The van der Waals surface area contributed by atoms with Crippen LogP contribution in [0.3, 0.4) is 0 Å². The Morgan fingerprint density at radius 2 is 2.46 bits per heavy atom. The van der Waals surface area contributed by atoms with Crippen LogP contribution in [0, 0.1) is 11.3 Å². The van der Waals surface area contributed by atoms with Gasteiger partial charge in [-0.1, -0.05) is 6.92 Å². The lowest BCUT2D eigenvalue weighted by molar-refractivity contribution is 0.0410. The molecule has 0 radical (unpaired) electrons. The van der Waals surface area contributed by atoms with E-state index in [0.29, 0.717) is 19.6 Å². The van der Waals surface area contributed by atoms with Crippen LogP contribution in [0.5, 0.6) is 0 Å². The Balaban J connectivity index is 2.79. The molecule has 0 aromatic heterocycles. The molecule has 1 saturated heterocycles. The third-order valence-corrected chi connectivity index (χ3v) is 2.50. The van der Waals surface area contributed by atoms with Gasteiger partial charge in [-0.3, -0.25) is 4.90 Å². The van der Waals surface area contributed by atoms with Gasteiger partial charge in [0.15, 0.2) is 0 Å². The fourth-order valence-electron chi connectivity index (χ4n) is 1.33. The van der Waals surface area contributed by atoms with E-state index in [1.165, 1.54) is 4.90 Å². The van der Waals surface area contributed by atoms with E-state index in [9.17, 15) is 4.79 Å². The topological polar surface area (TPSA) is 53.3 Å². The highest BCUT2D eigenvalue weighted by atomic mass is 16.6. The average molecular weight is 182 g/mol. The molecule has 0 saturated carbocycles. The van der Waals surface area contributed by atoms with Crippen LogP contribution in [-0.4, -0.2) is 29.7 Å². The Hall–Kier alpha value is -1.24. The summed E-state index contributed by atoms with van der Waals surface area (Å²) in [6, 6.07) is 2.15. The molecule has 1 aliphatic heterocycles. The van der Waals surface area contributed by atoms with Crippen molar-refractivity contribution < 1.29 is 9.53 Å². The first-order valence-corrected chi connectivity index (χ1v) is 4.49. The number of hydrogen-bond acceptors (Lipinski definition) is 3. The Kier molecular flexibility index (Phi) is 2.76. The van der Waals surface area contributed by atoms with Crippen molar-refractivity contribution in [2.75, 3.05) is 13.2 Å². The molecule has 72 valence electrons. The normalized spacial score (nSPS) is 21.6. The smallest absolute Gasteiger partial charge is 0.411 e. The SMILES string of the molecule is CCC(C)(C#N)N1CCCOC1=O. The van der Waals surface area contributed by atoms with Crippen LogP contribution in [0.1, 0.15) is 26.7 Å². The van der Waals surface area contributed by atoms with Crippen LogP contribution in [0.15, 0.2) is 0 Å². The van der Waals surface area contributed by atoms with Gasteiger partial charge in [0, 0.05) is 6.54 Å². The van der Waals surface area contributed by atoms with Crippen molar-refractivity contribution in [3.63, 3.8) is 0 Å². The Bertz CT molecular complexity index is 246. The van der Waals surface area contributed by atoms with Crippen LogP contribution >= 0.6 is 0 Å².